The molecular formula is C16H23FO3. The standard InChI is InChI=1S/C16H23FO3/c1-15(2)8-7-12(20-15)9-16(10-18,11-19)13-5-3-4-6-14(13)17/h3-6,12,18-19H,7-11H2,1-2H3. The first kappa shape index (κ1) is 15.4. The van der Waals surface area contributed by atoms with Gasteiger partial charge in [-0.3, -0.25) is 0 Å². The number of hydrogen-bond donors (Lipinski definition) is 2. The maximum absolute atomic E-state index is 14.0. The zero-order valence-corrected chi connectivity index (χ0v) is 12.1. The van der Waals surface area contributed by atoms with Crippen molar-refractivity contribution in [1.29, 1.82) is 0 Å². The largest absolute Gasteiger partial charge is 0.395 e. The fourth-order valence-corrected chi connectivity index (χ4v) is 3.01. The molecule has 0 aromatic heterocycles. The Bertz CT molecular complexity index is 455. The molecule has 1 saturated heterocycles. The van der Waals surface area contributed by atoms with Gasteiger partial charge < -0.3 is 14.9 Å². The average Bonchev–Trinajstić information content (AvgIpc) is 2.76. The molecule has 1 aromatic carbocycles. The molecule has 4 heteroatoms. The van der Waals surface area contributed by atoms with Crippen LogP contribution in [0.4, 0.5) is 4.39 Å². The topological polar surface area (TPSA) is 49.7 Å². The summed E-state index contributed by atoms with van der Waals surface area (Å²) in [4.78, 5) is 0. The molecule has 0 saturated carbocycles. The minimum Gasteiger partial charge on any atom is -0.395 e. The van der Waals surface area contributed by atoms with E-state index in [2.05, 4.69) is 0 Å². The Balaban J connectivity index is 2.25. The summed E-state index contributed by atoms with van der Waals surface area (Å²) in [6.45, 7) is 3.45. The fraction of sp³-hybridized carbons (Fsp3) is 0.625. The van der Waals surface area contributed by atoms with Gasteiger partial charge in [-0.25, -0.2) is 4.39 Å². The molecule has 1 unspecified atom stereocenters. The van der Waals surface area contributed by atoms with Gasteiger partial charge in [0.2, 0.25) is 0 Å². The summed E-state index contributed by atoms with van der Waals surface area (Å²) < 4.78 is 19.9. The molecule has 0 radical (unpaired) electrons. The fourth-order valence-electron chi connectivity index (χ4n) is 3.01. The summed E-state index contributed by atoms with van der Waals surface area (Å²) in [5, 5.41) is 19.5. The number of aliphatic hydroxyl groups excluding tert-OH is 2. The molecule has 1 fully saturated rings. The summed E-state index contributed by atoms with van der Waals surface area (Å²) in [6, 6.07) is 6.31. The molecule has 1 aromatic rings. The van der Waals surface area contributed by atoms with Crippen molar-refractivity contribution in [2.24, 2.45) is 0 Å². The number of benzene rings is 1. The van der Waals surface area contributed by atoms with Crippen molar-refractivity contribution in [3.63, 3.8) is 0 Å². The van der Waals surface area contributed by atoms with Crippen LogP contribution in [0.1, 0.15) is 38.7 Å². The monoisotopic (exact) mass is 282 g/mol. The van der Waals surface area contributed by atoms with Crippen LogP contribution in [0.3, 0.4) is 0 Å². The molecule has 20 heavy (non-hydrogen) atoms. The molecule has 1 heterocycles. The van der Waals surface area contributed by atoms with Crippen molar-refractivity contribution in [3.05, 3.63) is 35.6 Å². The van der Waals surface area contributed by atoms with E-state index in [0.717, 1.165) is 12.8 Å². The van der Waals surface area contributed by atoms with E-state index in [1.165, 1.54) is 6.07 Å². The Morgan fingerprint density at radius 2 is 1.95 bits per heavy atom. The van der Waals surface area contributed by atoms with Gasteiger partial charge >= 0.3 is 0 Å². The molecule has 0 aliphatic carbocycles. The van der Waals surface area contributed by atoms with Crippen LogP contribution in [0.25, 0.3) is 0 Å². The van der Waals surface area contributed by atoms with Crippen LogP contribution in [0, 0.1) is 5.82 Å². The van der Waals surface area contributed by atoms with E-state index in [0.29, 0.717) is 12.0 Å². The number of aliphatic hydroxyl groups is 2. The first-order valence-electron chi connectivity index (χ1n) is 7.07. The first-order valence-corrected chi connectivity index (χ1v) is 7.07. The van der Waals surface area contributed by atoms with Crippen molar-refractivity contribution in [3.8, 4) is 0 Å². The highest BCUT2D eigenvalue weighted by Gasteiger charge is 2.40. The van der Waals surface area contributed by atoms with Crippen molar-refractivity contribution in [2.75, 3.05) is 13.2 Å². The lowest BCUT2D eigenvalue weighted by Crippen LogP contribution is -2.39. The number of halogens is 1. The molecule has 3 nitrogen and oxygen atoms in total. The Kier molecular flexibility index (Phi) is 4.47. The maximum Gasteiger partial charge on any atom is 0.127 e. The van der Waals surface area contributed by atoms with Crippen LogP contribution >= 0.6 is 0 Å². The molecule has 1 aliphatic rings. The highest BCUT2D eigenvalue weighted by atomic mass is 19.1. The first-order chi connectivity index (χ1) is 9.42. The number of hydrogen-bond acceptors (Lipinski definition) is 3. The predicted octanol–water partition coefficient (Wildman–Crippen LogP) is 2.40. The van der Waals surface area contributed by atoms with Crippen LogP contribution in [0.15, 0.2) is 24.3 Å². The average molecular weight is 282 g/mol. The molecule has 1 aliphatic heterocycles. The highest BCUT2D eigenvalue weighted by molar-refractivity contribution is 5.28. The lowest BCUT2D eigenvalue weighted by molar-refractivity contribution is -0.0385. The molecule has 0 amide bonds. The number of ether oxygens (including phenoxy) is 1. The lowest BCUT2D eigenvalue weighted by Gasteiger charge is -2.33. The van der Waals surface area contributed by atoms with Gasteiger partial charge in [0, 0.05) is 5.41 Å². The van der Waals surface area contributed by atoms with E-state index in [1.54, 1.807) is 18.2 Å². The second-order valence-electron chi connectivity index (χ2n) is 6.32. The zero-order chi connectivity index (χ0) is 14.8. The van der Waals surface area contributed by atoms with Crippen LogP contribution in [0.2, 0.25) is 0 Å². The van der Waals surface area contributed by atoms with Crippen molar-refractivity contribution in [2.45, 2.75) is 50.2 Å². The van der Waals surface area contributed by atoms with E-state index >= 15 is 0 Å². The van der Waals surface area contributed by atoms with E-state index < -0.39 is 11.2 Å². The van der Waals surface area contributed by atoms with E-state index in [1.807, 2.05) is 13.8 Å². The summed E-state index contributed by atoms with van der Waals surface area (Å²) in [6.07, 6.45) is 2.15. The van der Waals surface area contributed by atoms with Gasteiger partial charge in [-0.2, -0.15) is 0 Å². The minimum absolute atomic E-state index is 0.0658. The van der Waals surface area contributed by atoms with Crippen LogP contribution in [-0.4, -0.2) is 35.1 Å². The van der Waals surface area contributed by atoms with Gasteiger partial charge in [-0.15, -0.1) is 0 Å². The normalized spacial score (nSPS) is 22.1. The molecule has 1 atom stereocenters. The molecular weight excluding hydrogens is 259 g/mol. The Hall–Kier alpha value is -0.970. The van der Waals surface area contributed by atoms with Gasteiger partial charge in [0.25, 0.3) is 0 Å². The van der Waals surface area contributed by atoms with Gasteiger partial charge in [-0.05, 0) is 44.7 Å². The minimum atomic E-state index is -0.990. The second-order valence-corrected chi connectivity index (χ2v) is 6.32. The third-order valence-electron chi connectivity index (χ3n) is 4.22. The highest BCUT2D eigenvalue weighted by Crippen LogP contribution is 2.38. The van der Waals surface area contributed by atoms with Crippen LogP contribution in [0.5, 0.6) is 0 Å². The SMILES string of the molecule is CC1(C)CCC(CC(CO)(CO)c2ccccc2F)O1. The quantitative estimate of drug-likeness (QED) is 0.872. The molecule has 0 bridgehead atoms. The van der Waals surface area contributed by atoms with Gasteiger partial charge in [-0.1, -0.05) is 18.2 Å². The smallest absolute Gasteiger partial charge is 0.127 e. The van der Waals surface area contributed by atoms with E-state index in [9.17, 15) is 14.6 Å². The predicted molar refractivity (Wildman–Crippen MR) is 75.1 cm³/mol. The Morgan fingerprint density at radius 1 is 1.30 bits per heavy atom. The van der Waals surface area contributed by atoms with Gasteiger partial charge in [0.1, 0.15) is 5.82 Å². The summed E-state index contributed by atoms with van der Waals surface area (Å²) in [7, 11) is 0. The molecule has 2 rings (SSSR count). The molecule has 2 N–H and O–H groups in total. The van der Waals surface area contributed by atoms with E-state index in [-0.39, 0.29) is 24.9 Å². The van der Waals surface area contributed by atoms with Gasteiger partial charge in [0.05, 0.1) is 24.9 Å². The van der Waals surface area contributed by atoms with Crippen LogP contribution in [-0.2, 0) is 10.2 Å². The van der Waals surface area contributed by atoms with Crippen LogP contribution < -0.4 is 0 Å². The number of rotatable bonds is 5. The molecule has 0 spiro atoms. The third-order valence-corrected chi connectivity index (χ3v) is 4.22. The van der Waals surface area contributed by atoms with Crippen molar-refractivity contribution >= 4 is 0 Å². The van der Waals surface area contributed by atoms with E-state index in [4.69, 9.17) is 4.74 Å². The van der Waals surface area contributed by atoms with Gasteiger partial charge in [0.15, 0.2) is 0 Å². The second kappa shape index (κ2) is 5.80. The Labute approximate surface area is 119 Å². The zero-order valence-electron chi connectivity index (χ0n) is 12.1. The van der Waals surface area contributed by atoms with Crippen molar-refractivity contribution < 1.29 is 19.3 Å². The third kappa shape index (κ3) is 3.03. The summed E-state index contributed by atoms with van der Waals surface area (Å²) in [5.74, 6) is -0.396. The summed E-state index contributed by atoms with van der Waals surface area (Å²) >= 11 is 0. The maximum atomic E-state index is 14.0. The molecule has 112 valence electrons. The van der Waals surface area contributed by atoms with Crippen molar-refractivity contribution in [1.82, 2.24) is 0 Å². The summed E-state index contributed by atoms with van der Waals surface area (Å²) in [5.41, 5.74) is -0.814. The Morgan fingerprint density at radius 3 is 2.45 bits per heavy atom. The lowest BCUT2D eigenvalue weighted by atomic mass is 9.76.